The summed E-state index contributed by atoms with van der Waals surface area (Å²) in [6.07, 6.45) is 5.07. The zero-order valence-electron chi connectivity index (χ0n) is 15.4. The van der Waals surface area contributed by atoms with E-state index >= 15 is 0 Å². The predicted molar refractivity (Wildman–Crippen MR) is 111 cm³/mol. The summed E-state index contributed by atoms with van der Waals surface area (Å²) in [6.45, 7) is 2.78. The summed E-state index contributed by atoms with van der Waals surface area (Å²) in [4.78, 5) is 14.7. The maximum Gasteiger partial charge on any atom is 0.223 e. The number of amides is 1. The number of ether oxygens (including phenoxy) is 1. The van der Waals surface area contributed by atoms with Gasteiger partial charge in [-0.05, 0) is 43.7 Å². The molecule has 1 aliphatic carbocycles. The first-order valence-electron chi connectivity index (χ1n) is 9.08. The highest BCUT2D eigenvalue weighted by molar-refractivity contribution is 5.85. The van der Waals surface area contributed by atoms with E-state index in [0.29, 0.717) is 5.92 Å². The Balaban J connectivity index is 0.00000169. The summed E-state index contributed by atoms with van der Waals surface area (Å²) in [5.41, 5.74) is 7.19. The van der Waals surface area contributed by atoms with Crippen molar-refractivity contribution >= 4 is 36.4 Å². The zero-order chi connectivity index (χ0) is 16.9. The van der Waals surface area contributed by atoms with Crippen LogP contribution in [0.2, 0.25) is 0 Å². The summed E-state index contributed by atoms with van der Waals surface area (Å²) in [7, 11) is 1.69. The second-order valence-corrected chi connectivity index (χ2v) is 7.17. The van der Waals surface area contributed by atoms with E-state index < -0.39 is 0 Å². The molecule has 148 valence electrons. The number of anilines is 1. The number of nitrogens with zero attached hydrogens (tertiary/aromatic N) is 1. The van der Waals surface area contributed by atoms with Gasteiger partial charge in [0, 0.05) is 43.3 Å². The molecule has 3 unspecified atom stereocenters. The molecule has 1 aromatic carbocycles. The van der Waals surface area contributed by atoms with Crippen LogP contribution in [0, 0.1) is 11.8 Å². The highest BCUT2D eigenvalue weighted by Gasteiger charge is 2.27. The van der Waals surface area contributed by atoms with Crippen LogP contribution in [0.1, 0.15) is 32.1 Å². The van der Waals surface area contributed by atoms with Crippen LogP contribution in [-0.2, 0) is 4.79 Å². The van der Waals surface area contributed by atoms with Crippen LogP contribution in [0.15, 0.2) is 24.3 Å². The summed E-state index contributed by atoms with van der Waals surface area (Å²) in [5, 5.41) is 3.16. The molecule has 0 aromatic heterocycles. The van der Waals surface area contributed by atoms with Crippen molar-refractivity contribution in [1.29, 1.82) is 0 Å². The lowest BCUT2D eigenvalue weighted by Gasteiger charge is -2.26. The molecule has 1 aliphatic heterocycles. The van der Waals surface area contributed by atoms with E-state index in [1.165, 1.54) is 5.69 Å². The Morgan fingerprint density at radius 3 is 2.85 bits per heavy atom. The van der Waals surface area contributed by atoms with Crippen LogP contribution in [0.25, 0.3) is 0 Å². The Morgan fingerprint density at radius 2 is 2.12 bits per heavy atom. The lowest BCUT2D eigenvalue weighted by Crippen LogP contribution is -2.39. The molecule has 0 spiro atoms. The Morgan fingerprint density at radius 1 is 1.31 bits per heavy atom. The molecule has 7 heteroatoms. The quantitative estimate of drug-likeness (QED) is 0.792. The predicted octanol–water partition coefficient (Wildman–Crippen LogP) is 3.00. The van der Waals surface area contributed by atoms with Crippen molar-refractivity contribution in [3.8, 4) is 5.75 Å². The van der Waals surface area contributed by atoms with Crippen molar-refractivity contribution in [2.75, 3.05) is 31.6 Å². The zero-order valence-corrected chi connectivity index (χ0v) is 17.0. The normalized spacial score (nSPS) is 25.0. The number of carbonyl (C=O) groups is 1. The van der Waals surface area contributed by atoms with Crippen LogP contribution in [0.5, 0.6) is 5.75 Å². The molecule has 1 saturated heterocycles. The number of carbonyl (C=O) groups excluding carboxylic acids is 1. The number of hydrogen-bond acceptors (Lipinski definition) is 4. The molecular formula is C19H31Cl2N3O2. The fourth-order valence-electron chi connectivity index (χ4n) is 3.90. The van der Waals surface area contributed by atoms with Gasteiger partial charge in [0.05, 0.1) is 7.11 Å². The van der Waals surface area contributed by atoms with Crippen molar-refractivity contribution in [2.24, 2.45) is 17.6 Å². The van der Waals surface area contributed by atoms with Gasteiger partial charge in [-0.2, -0.15) is 0 Å². The first-order chi connectivity index (χ1) is 11.7. The van der Waals surface area contributed by atoms with Gasteiger partial charge in [-0.25, -0.2) is 0 Å². The monoisotopic (exact) mass is 403 g/mol. The molecule has 26 heavy (non-hydrogen) atoms. The number of nitrogens with two attached hydrogens (primary N) is 1. The van der Waals surface area contributed by atoms with Crippen molar-refractivity contribution in [3.63, 3.8) is 0 Å². The van der Waals surface area contributed by atoms with Crippen LogP contribution < -0.4 is 20.7 Å². The third-order valence-electron chi connectivity index (χ3n) is 5.35. The Kier molecular flexibility index (Phi) is 9.55. The molecule has 5 nitrogen and oxygen atoms in total. The summed E-state index contributed by atoms with van der Waals surface area (Å²) in [6, 6.07) is 8.38. The number of rotatable bonds is 5. The summed E-state index contributed by atoms with van der Waals surface area (Å²) < 4.78 is 5.30. The highest BCUT2D eigenvalue weighted by Crippen LogP contribution is 2.27. The van der Waals surface area contributed by atoms with Crippen molar-refractivity contribution < 1.29 is 9.53 Å². The minimum absolute atomic E-state index is 0. The molecule has 1 amide bonds. The molecule has 3 N–H and O–H groups in total. The Hall–Kier alpha value is -1.17. The molecule has 1 saturated carbocycles. The average molecular weight is 404 g/mol. The molecule has 1 aromatic rings. The van der Waals surface area contributed by atoms with E-state index in [1.807, 2.05) is 12.1 Å². The molecule has 0 bridgehead atoms. The topological polar surface area (TPSA) is 67.6 Å². The maximum absolute atomic E-state index is 12.3. The lowest BCUT2D eigenvalue weighted by molar-refractivity contribution is -0.126. The van der Waals surface area contributed by atoms with Crippen molar-refractivity contribution in [3.05, 3.63) is 24.3 Å². The largest absolute Gasteiger partial charge is 0.497 e. The van der Waals surface area contributed by atoms with E-state index in [0.717, 1.165) is 57.5 Å². The first kappa shape index (κ1) is 22.9. The van der Waals surface area contributed by atoms with Gasteiger partial charge in [0.1, 0.15) is 5.75 Å². The van der Waals surface area contributed by atoms with Gasteiger partial charge >= 0.3 is 0 Å². The molecule has 2 aliphatic rings. The number of benzene rings is 1. The van der Waals surface area contributed by atoms with Crippen LogP contribution in [0.4, 0.5) is 5.69 Å². The minimum Gasteiger partial charge on any atom is -0.497 e. The molecule has 3 rings (SSSR count). The molecule has 1 heterocycles. The fraction of sp³-hybridized carbons (Fsp3) is 0.632. The van der Waals surface area contributed by atoms with Gasteiger partial charge < -0.3 is 20.7 Å². The smallest absolute Gasteiger partial charge is 0.223 e. The molecule has 3 atom stereocenters. The van der Waals surface area contributed by atoms with E-state index in [4.69, 9.17) is 10.5 Å². The van der Waals surface area contributed by atoms with Gasteiger partial charge in [0.15, 0.2) is 0 Å². The first-order valence-corrected chi connectivity index (χ1v) is 9.08. The van der Waals surface area contributed by atoms with Gasteiger partial charge in [-0.3, -0.25) is 4.79 Å². The number of hydrogen-bond donors (Lipinski definition) is 2. The Labute approximate surface area is 168 Å². The second-order valence-electron chi connectivity index (χ2n) is 7.17. The van der Waals surface area contributed by atoms with E-state index in [-0.39, 0.29) is 42.7 Å². The van der Waals surface area contributed by atoms with Crippen molar-refractivity contribution in [2.45, 2.75) is 38.1 Å². The van der Waals surface area contributed by atoms with Gasteiger partial charge in [-0.1, -0.05) is 12.5 Å². The fourth-order valence-corrected chi connectivity index (χ4v) is 3.90. The molecular weight excluding hydrogens is 373 g/mol. The van der Waals surface area contributed by atoms with Gasteiger partial charge in [0.2, 0.25) is 5.91 Å². The van der Waals surface area contributed by atoms with E-state index in [9.17, 15) is 4.79 Å². The minimum atomic E-state index is 0. The lowest BCUT2D eigenvalue weighted by atomic mass is 9.85. The third kappa shape index (κ3) is 5.93. The highest BCUT2D eigenvalue weighted by atomic mass is 35.5. The molecule has 0 radical (unpaired) electrons. The third-order valence-corrected chi connectivity index (χ3v) is 5.35. The van der Waals surface area contributed by atoms with Crippen LogP contribution >= 0.6 is 24.8 Å². The van der Waals surface area contributed by atoms with Crippen LogP contribution in [-0.4, -0.2) is 38.7 Å². The second kappa shape index (κ2) is 10.9. The Bertz CT molecular complexity index is 573. The summed E-state index contributed by atoms with van der Waals surface area (Å²) >= 11 is 0. The molecule has 2 fully saturated rings. The van der Waals surface area contributed by atoms with Gasteiger partial charge in [-0.15, -0.1) is 24.8 Å². The van der Waals surface area contributed by atoms with Crippen LogP contribution in [0.3, 0.4) is 0 Å². The standard InChI is InChI=1S/C19H29N3O2.2ClH/c1-24-18-7-3-6-17(11-18)22-9-8-14(13-22)12-21-19(23)15-4-2-5-16(20)10-15;;/h3,6-7,11,14-16H,2,4-5,8-10,12-13,20H2,1H3,(H,21,23);2*1H. The average Bonchev–Trinajstić information content (AvgIpc) is 3.09. The number of nitrogens with one attached hydrogen (secondary N) is 1. The number of halogens is 2. The SMILES string of the molecule is COc1cccc(N2CCC(CNC(=O)C3CCCC(N)C3)C2)c1.Cl.Cl. The van der Waals surface area contributed by atoms with Crippen molar-refractivity contribution in [1.82, 2.24) is 5.32 Å². The maximum atomic E-state index is 12.3. The summed E-state index contributed by atoms with van der Waals surface area (Å²) in [5.74, 6) is 1.71. The van der Waals surface area contributed by atoms with E-state index in [2.05, 4.69) is 22.3 Å². The van der Waals surface area contributed by atoms with Gasteiger partial charge in [0.25, 0.3) is 0 Å². The number of methoxy groups -OCH3 is 1. The van der Waals surface area contributed by atoms with E-state index in [1.54, 1.807) is 7.11 Å².